The zero-order valence-electron chi connectivity index (χ0n) is 14.9. The Labute approximate surface area is 164 Å². The van der Waals surface area contributed by atoms with Crippen molar-refractivity contribution in [2.75, 3.05) is 5.32 Å². The lowest BCUT2D eigenvalue weighted by atomic mass is 9.89. The van der Waals surface area contributed by atoms with Crippen molar-refractivity contribution in [1.82, 2.24) is 5.32 Å². The zero-order chi connectivity index (χ0) is 18.1. The second-order valence-electron chi connectivity index (χ2n) is 7.42. The molecule has 2 atom stereocenters. The summed E-state index contributed by atoms with van der Waals surface area (Å²) in [5.74, 6) is -0.400. The van der Waals surface area contributed by atoms with Crippen LogP contribution in [0.5, 0.6) is 0 Å². The molecule has 1 amide bonds. The number of amides is 1. The van der Waals surface area contributed by atoms with Crippen molar-refractivity contribution in [1.29, 1.82) is 0 Å². The molecule has 2 aromatic carbocycles. The topological polar surface area (TPSA) is 41.1 Å². The molecular weight excluding hydrogens is 370 g/mol. The lowest BCUT2D eigenvalue weighted by molar-refractivity contribution is -0.117. The lowest BCUT2D eigenvalue weighted by Crippen LogP contribution is -2.39. The minimum atomic E-state index is -0.391. The van der Waals surface area contributed by atoms with Crippen molar-refractivity contribution < 1.29 is 13.6 Å². The van der Waals surface area contributed by atoms with Crippen LogP contribution in [-0.4, -0.2) is 18.0 Å². The summed E-state index contributed by atoms with van der Waals surface area (Å²) in [7, 11) is 0. The highest BCUT2D eigenvalue weighted by atomic mass is 35.5. The lowest BCUT2D eigenvalue weighted by Gasteiger charge is -2.28. The van der Waals surface area contributed by atoms with Crippen LogP contribution in [0.2, 0.25) is 0 Å². The molecule has 0 aromatic heterocycles. The van der Waals surface area contributed by atoms with E-state index >= 15 is 0 Å². The monoisotopic (exact) mass is 392 g/mol. The normalized spacial score (nSPS) is 23.6. The number of carbonyl (C=O) groups is 1. The molecule has 0 saturated carbocycles. The number of nitrogens with one attached hydrogen (secondary N) is 2. The molecule has 3 nitrogen and oxygen atoms in total. The molecule has 0 spiro atoms. The van der Waals surface area contributed by atoms with E-state index in [2.05, 4.69) is 10.6 Å². The Kier molecular flexibility index (Phi) is 6.12. The van der Waals surface area contributed by atoms with E-state index in [1.807, 2.05) is 0 Å². The highest BCUT2D eigenvalue weighted by molar-refractivity contribution is 5.95. The standard InChI is InChI=1S/C21H22F2N2O.ClH/c22-15-3-1-14(2-4-15)19-12-16(23)5-8-20(19)25-21(26)11-13-9-17-6-7-18(10-13)24-17;/h1-5,8,12-13,17-18,24H,6-7,9-11H2,(H,25,26);1H. The molecule has 4 rings (SSSR count). The fourth-order valence-corrected chi connectivity index (χ4v) is 4.30. The van der Waals surface area contributed by atoms with Crippen LogP contribution in [0.15, 0.2) is 42.5 Å². The first kappa shape index (κ1) is 19.8. The van der Waals surface area contributed by atoms with E-state index in [1.54, 1.807) is 18.2 Å². The maximum atomic E-state index is 13.7. The van der Waals surface area contributed by atoms with Crippen LogP contribution in [-0.2, 0) is 4.79 Å². The first-order chi connectivity index (χ1) is 12.6. The van der Waals surface area contributed by atoms with Gasteiger partial charge in [-0.05, 0) is 67.5 Å². The van der Waals surface area contributed by atoms with Crippen molar-refractivity contribution in [3.63, 3.8) is 0 Å². The van der Waals surface area contributed by atoms with Gasteiger partial charge in [-0.2, -0.15) is 0 Å². The van der Waals surface area contributed by atoms with Gasteiger partial charge in [-0.15, -0.1) is 12.4 Å². The molecule has 2 aromatic rings. The summed E-state index contributed by atoms with van der Waals surface area (Å²) >= 11 is 0. The highest BCUT2D eigenvalue weighted by Crippen LogP contribution is 2.34. The number of halogens is 3. The van der Waals surface area contributed by atoms with E-state index in [1.165, 1.54) is 37.1 Å². The van der Waals surface area contributed by atoms with Crippen molar-refractivity contribution >= 4 is 24.0 Å². The van der Waals surface area contributed by atoms with E-state index < -0.39 is 5.82 Å². The summed E-state index contributed by atoms with van der Waals surface area (Å²) in [6.07, 6.45) is 4.97. The van der Waals surface area contributed by atoms with Crippen LogP contribution in [0, 0.1) is 17.6 Å². The molecule has 2 bridgehead atoms. The smallest absolute Gasteiger partial charge is 0.224 e. The van der Waals surface area contributed by atoms with Gasteiger partial charge in [0.1, 0.15) is 11.6 Å². The summed E-state index contributed by atoms with van der Waals surface area (Å²) in [6, 6.07) is 11.2. The Morgan fingerprint density at radius 2 is 1.63 bits per heavy atom. The molecule has 2 aliphatic heterocycles. The molecule has 2 N–H and O–H groups in total. The van der Waals surface area contributed by atoms with Crippen molar-refractivity contribution in [3.8, 4) is 11.1 Å². The van der Waals surface area contributed by atoms with Crippen LogP contribution in [0.3, 0.4) is 0 Å². The molecule has 2 saturated heterocycles. The third-order valence-corrected chi connectivity index (χ3v) is 5.46. The van der Waals surface area contributed by atoms with Crippen molar-refractivity contribution in [2.24, 2.45) is 5.92 Å². The maximum absolute atomic E-state index is 13.7. The van der Waals surface area contributed by atoms with Crippen LogP contribution >= 0.6 is 12.4 Å². The molecular formula is C21H23ClF2N2O. The van der Waals surface area contributed by atoms with Crippen molar-refractivity contribution in [2.45, 2.75) is 44.2 Å². The molecule has 2 aliphatic rings. The molecule has 0 radical (unpaired) electrons. The summed E-state index contributed by atoms with van der Waals surface area (Å²) in [4.78, 5) is 12.6. The van der Waals surface area contributed by atoms with Gasteiger partial charge in [-0.1, -0.05) is 12.1 Å². The van der Waals surface area contributed by atoms with Gasteiger partial charge >= 0.3 is 0 Å². The van der Waals surface area contributed by atoms with Gasteiger partial charge in [-0.25, -0.2) is 8.78 Å². The van der Waals surface area contributed by atoms with Gasteiger partial charge < -0.3 is 10.6 Å². The Morgan fingerprint density at radius 1 is 1.00 bits per heavy atom. The van der Waals surface area contributed by atoms with Crippen LogP contribution < -0.4 is 10.6 Å². The molecule has 2 heterocycles. The van der Waals surface area contributed by atoms with Crippen LogP contribution in [0.25, 0.3) is 11.1 Å². The second-order valence-corrected chi connectivity index (χ2v) is 7.42. The summed E-state index contributed by atoms with van der Waals surface area (Å²) in [6.45, 7) is 0. The average molecular weight is 393 g/mol. The fourth-order valence-electron chi connectivity index (χ4n) is 4.30. The molecule has 0 aliphatic carbocycles. The Hall–Kier alpha value is -1.98. The number of hydrogen-bond donors (Lipinski definition) is 2. The number of hydrogen-bond acceptors (Lipinski definition) is 2. The fraction of sp³-hybridized carbons (Fsp3) is 0.381. The zero-order valence-corrected chi connectivity index (χ0v) is 15.7. The Bertz CT molecular complexity index is 800. The molecule has 2 fully saturated rings. The third kappa shape index (κ3) is 4.66. The Morgan fingerprint density at radius 3 is 2.30 bits per heavy atom. The number of rotatable bonds is 4. The summed E-state index contributed by atoms with van der Waals surface area (Å²) < 4.78 is 26.9. The van der Waals surface area contributed by atoms with E-state index in [-0.39, 0.29) is 24.1 Å². The second kappa shape index (κ2) is 8.36. The predicted molar refractivity (Wildman–Crippen MR) is 105 cm³/mol. The quantitative estimate of drug-likeness (QED) is 0.776. The summed E-state index contributed by atoms with van der Waals surface area (Å²) in [5, 5.41) is 6.51. The van der Waals surface area contributed by atoms with Gasteiger partial charge in [0.15, 0.2) is 0 Å². The predicted octanol–water partition coefficient (Wildman–Crippen LogP) is 4.91. The maximum Gasteiger partial charge on any atom is 0.224 e. The van der Waals surface area contributed by atoms with Crippen LogP contribution in [0.1, 0.15) is 32.1 Å². The first-order valence-electron chi connectivity index (χ1n) is 9.18. The number of carbonyl (C=O) groups excluding carboxylic acids is 1. The van der Waals surface area contributed by atoms with Gasteiger partial charge in [-0.3, -0.25) is 4.79 Å². The third-order valence-electron chi connectivity index (χ3n) is 5.46. The van der Waals surface area contributed by atoms with Gasteiger partial charge in [0.25, 0.3) is 0 Å². The number of piperidine rings is 1. The highest BCUT2D eigenvalue weighted by Gasteiger charge is 2.34. The van der Waals surface area contributed by atoms with Crippen LogP contribution in [0.4, 0.5) is 14.5 Å². The van der Waals surface area contributed by atoms with Gasteiger partial charge in [0.05, 0.1) is 0 Å². The number of fused-ring (bicyclic) bond motifs is 2. The van der Waals surface area contributed by atoms with E-state index in [0.29, 0.717) is 41.2 Å². The molecule has 144 valence electrons. The number of benzene rings is 2. The van der Waals surface area contributed by atoms with Gasteiger partial charge in [0.2, 0.25) is 5.91 Å². The largest absolute Gasteiger partial charge is 0.326 e. The Balaban J connectivity index is 0.00000210. The first-order valence-corrected chi connectivity index (χ1v) is 9.18. The summed E-state index contributed by atoms with van der Waals surface area (Å²) in [5.41, 5.74) is 1.78. The van der Waals surface area contributed by atoms with Crippen molar-refractivity contribution in [3.05, 3.63) is 54.1 Å². The minimum Gasteiger partial charge on any atom is -0.326 e. The number of anilines is 1. The molecule has 2 unspecified atom stereocenters. The van der Waals surface area contributed by atoms with E-state index in [9.17, 15) is 13.6 Å². The van der Waals surface area contributed by atoms with E-state index in [4.69, 9.17) is 0 Å². The molecule has 6 heteroatoms. The average Bonchev–Trinajstić information content (AvgIpc) is 2.96. The van der Waals surface area contributed by atoms with Gasteiger partial charge in [0, 0.05) is 29.8 Å². The SMILES string of the molecule is Cl.O=C(CC1CC2CCC(C1)N2)Nc1ccc(F)cc1-c1ccc(F)cc1. The minimum absolute atomic E-state index is 0. The molecule has 27 heavy (non-hydrogen) atoms. The van der Waals surface area contributed by atoms with E-state index in [0.717, 1.165) is 12.8 Å².